The van der Waals surface area contributed by atoms with Crippen LogP contribution in [0, 0.1) is 5.82 Å². The molecule has 0 saturated carbocycles. The van der Waals surface area contributed by atoms with Crippen LogP contribution in [-0.4, -0.2) is 16.9 Å². The number of halogens is 1. The second-order valence-corrected chi connectivity index (χ2v) is 4.96. The molecule has 2 aromatic rings. The molecule has 0 bridgehead atoms. The lowest BCUT2D eigenvalue weighted by atomic mass is 10.2. The molecule has 0 spiro atoms. The molecule has 1 N–H and O–H groups in total. The summed E-state index contributed by atoms with van der Waals surface area (Å²) in [4.78, 5) is 0. The first-order valence-corrected chi connectivity index (χ1v) is 7.29. The fourth-order valence-electron chi connectivity index (χ4n) is 2.30. The number of anilines is 1. The van der Waals surface area contributed by atoms with Crippen molar-refractivity contribution in [2.45, 2.75) is 39.3 Å². The highest BCUT2D eigenvalue weighted by atomic mass is 19.1. The van der Waals surface area contributed by atoms with Gasteiger partial charge in [0.05, 0.1) is 25.4 Å². The minimum absolute atomic E-state index is 0.238. The summed E-state index contributed by atoms with van der Waals surface area (Å²) in [6.07, 6.45) is 4.15. The molecule has 1 aromatic heterocycles. The Kier molecular flexibility index (Phi) is 5.20. The number of nitrogens with zero attached hydrogens (tertiary/aromatic N) is 2. The molecule has 0 aliphatic heterocycles. The number of benzene rings is 1. The van der Waals surface area contributed by atoms with E-state index in [1.54, 1.807) is 12.1 Å². The highest BCUT2D eigenvalue weighted by molar-refractivity contribution is 5.48. The Hall–Kier alpha value is -2.04. The van der Waals surface area contributed by atoms with Crippen molar-refractivity contribution in [1.29, 1.82) is 0 Å². The Morgan fingerprint density at radius 3 is 2.71 bits per heavy atom. The van der Waals surface area contributed by atoms with Crippen LogP contribution < -0.4 is 10.1 Å². The Balaban J connectivity index is 2.00. The summed E-state index contributed by atoms with van der Waals surface area (Å²) in [5.41, 5.74) is 1.77. The molecular formula is C16H22FN3O. The number of ether oxygens (including phenoxy) is 1. The number of methoxy groups -OCH3 is 1. The van der Waals surface area contributed by atoms with E-state index < -0.39 is 0 Å². The largest absolute Gasteiger partial charge is 0.494 e. The number of aromatic nitrogens is 2. The molecule has 0 saturated heterocycles. The lowest BCUT2D eigenvalue weighted by Crippen LogP contribution is -2.09. The fraction of sp³-hybridized carbons (Fsp3) is 0.438. The molecule has 21 heavy (non-hydrogen) atoms. The average molecular weight is 291 g/mol. The molecule has 1 heterocycles. The van der Waals surface area contributed by atoms with Crippen molar-refractivity contribution in [2.75, 3.05) is 12.4 Å². The van der Waals surface area contributed by atoms with Crippen molar-refractivity contribution in [1.82, 2.24) is 9.78 Å². The molecular weight excluding hydrogens is 269 g/mol. The van der Waals surface area contributed by atoms with Gasteiger partial charge >= 0.3 is 0 Å². The van der Waals surface area contributed by atoms with Crippen molar-refractivity contribution in [3.8, 4) is 5.75 Å². The van der Waals surface area contributed by atoms with Crippen LogP contribution in [0.4, 0.5) is 10.1 Å². The Morgan fingerprint density at radius 2 is 2.05 bits per heavy atom. The molecule has 0 unspecified atom stereocenters. The van der Waals surface area contributed by atoms with Crippen LogP contribution in [0.25, 0.3) is 0 Å². The Morgan fingerprint density at radius 1 is 1.29 bits per heavy atom. The number of rotatable bonds is 7. The van der Waals surface area contributed by atoms with Crippen molar-refractivity contribution in [3.05, 3.63) is 42.0 Å². The van der Waals surface area contributed by atoms with Crippen LogP contribution in [0.15, 0.2) is 30.5 Å². The maximum Gasteiger partial charge on any atom is 0.165 e. The highest BCUT2D eigenvalue weighted by Gasteiger charge is 2.08. The third-order valence-corrected chi connectivity index (χ3v) is 3.60. The summed E-state index contributed by atoms with van der Waals surface area (Å²) >= 11 is 0. The molecule has 2 rings (SSSR count). The van der Waals surface area contributed by atoms with Gasteiger partial charge in [0.1, 0.15) is 0 Å². The molecule has 114 valence electrons. The van der Waals surface area contributed by atoms with Gasteiger partial charge in [-0.1, -0.05) is 13.8 Å². The van der Waals surface area contributed by atoms with Gasteiger partial charge < -0.3 is 10.1 Å². The molecule has 0 aliphatic rings. The number of hydrogen-bond donors (Lipinski definition) is 1. The first-order valence-electron chi connectivity index (χ1n) is 7.29. The third-order valence-electron chi connectivity index (χ3n) is 3.60. The maximum atomic E-state index is 13.3. The maximum absolute atomic E-state index is 13.3. The topological polar surface area (TPSA) is 39.1 Å². The van der Waals surface area contributed by atoms with Crippen molar-refractivity contribution in [2.24, 2.45) is 0 Å². The van der Waals surface area contributed by atoms with E-state index in [-0.39, 0.29) is 11.6 Å². The number of nitrogens with one attached hydrogen (secondary N) is 1. The van der Waals surface area contributed by atoms with Crippen LogP contribution >= 0.6 is 0 Å². The molecule has 0 fully saturated rings. The van der Waals surface area contributed by atoms with E-state index in [9.17, 15) is 4.39 Å². The van der Waals surface area contributed by atoms with Gasteiger partial charge in [0.15, 0.2) is 11.6 Å². The Labute approximate surface area is 124 Å². The second kappa shape index (κ2) is 7.11. The SMILES string of the molecule is CCC(CC)n1ccc(CNc2ccc(F)c(OC)c2)n1. The molecule has 4 nitrogen and oxygen atoms in total. The van der Waals surface area contributed by atoms with Crippen LogP contribution in [0.2, 0.25) is 0 Å². The van der Waals surface area contributed by atoms with Crippen LogP contribution in [0.3, 0.4) is 0 Å². The summed E-state index contributed by atoms with van der Waals surface area (Å²) in [6, 6.07) is 7.18. The summed E-state index contributed by atoms with van der Waals surface area (Å²) in [5.74, 6) is -0.122. The van der Waals surface area contributed by atoms with E-state index >= 15 is 0 Å². The minimum atomic E-state index is -0.360. The van der Waals surface area contributed by atoms with Gasteiger partial charge in [0.2, 0.25) is 0 Å². The number of hydrogen-bond acceptors (Lipinski definition) is 3. The molecule has 5 heteroatoms. The van der Waals surface area contributed by atoms with Gasteiger partial charge in [-0.25, -0.2) is 4.39 Å². The van der Waals surface area contributed by atoms with Crippen LogP contribution in [0.1, 0.15) is 38.4 Å². The smallest absolute Gasteiger partial charge is 0.165 e. The van der Waals surface area contributed by atoms with Crippen LogP contribution in [-0.2, 0) is 6.54 Å². The average Bonchev–Trinajstić information content (AvgIpc) is 2.96. The van der Waals surface area contributed by atoms with Crippen molar-refractivity contribution in [3.63, 3.8) is 0 Å². The summed E-state index contributed by atoms with van der Waals surface area (Å²) in [7, 11) is 1.46. The molecule has 1 aromatic carbocycles. The summed E-state index contributed by atoms with van der Waals surface area (Å²) in [5, 5.41) is 7.80. The van der Waals surface area contributed by atoms with E-state index in [1.165, 1.54) is 13.2 Å². The van der Waals surface area contributed by atoms with E-state index in [2.05, 4.69) is 24.3 Å². The Bertz CT molecular complexity index is 579. The predicted molar refractivity (Wildman–Crippen MR) is 82.1 cm³/mol. The minimum Gasteiger partial charge on any atom is -0.494 e. The molecule has 0 amide bonds. The van der Waals surface area contributed by atoms with Gasteiger partial charge in [-0.05, 0) is 31.0 Å². The zero-order valence-electron chi connectivity index (χ0n) is 12.8. The quantitative estimate of drug-likeness (QED) is 0.838. The molecule has 0 radical (unpaired) electrons. The van der Waals surface area contributed by atoms with Crippen LogP contribution in [0.5, 0.6) is 5.75 Å². The van der Waals surface area contributed by atoms with Gasteiger partial charge in [0.25, 0.3) is 0 Å². The van der Waals surface area contributed by atoms with Crippen molar-refractivity contribution >= 4 is 5.69 Å². The van der Waals surface area contributed by atoms with E-state index in [4.69, 9.17) is 4.74 Å². The highest BCUT2D eigenvalue weighted by Crippen LogP contribution is 2.22. The van der Waals surface area contributed by atoms with Gasteiger partial charge in [-0.2, -0.15) is 5.10 Å². The first-order chi connectivity index (χ1) is 10.2. The normalized spacial score (nSPS) is 10.9. The van der Waals surface area contributed by atoms with Gasteiger partial charge in [-0.15, -0.1) is 0 Å². The van der Waals surface area contributed by atoms with Crippen molar-refractivity contribution < 1.29 is 9.13 Å². The molecule has 0 atom stereocenters. The van der Waals surface area contributed by atoms with E-state index in [0.717, 1.165) is 24.2 Å². The lowest BCUT2D eigenvalue weighted by molar-refractivity contribution is 0.387. The zero-order valence-corrected chi connectivity index (χ0v) is 12.8. The fourth-order valence-corrected chi connectivity index (χ4v) is 2.30. The standard InChI is InChI=1S/C16H22FN3O/c1-4-14(5-2)20-9-8-13(19-20)11-18-12-6-7-15(17)16(10-12)21-3/h6-10,14,18H,4-5,11H2,1-3H3. The second-order valence-electron chi connectivity index (χ2n) is 4.96. The first kappa shape index (κ1) is 15.4. The molecule has 0 aliphatic carbocycles. The zero-order chi connectivity index (χ0) is 15.2. The monoisotopic (exact) mass is 291 g/mol. The summed E-state index contributed by atoms with van der Waals surface area (Å²) < 4.78 is 20.3. The van der Waals surface area contributed by atoms with Gasteiger partial charge in [0, 0.05) is 18.0 Å². The van der Waals surface area contributed by atoms with Gasteiger partial charge in [-0.3, -0.25) is 4.68 Å². The summed E-state index contributed by atoms with van der Waals surface area (Å²) in [6.45, 7) is 4.93. The van der Waals surface area contributed by atoms with E-state index in [0.29, 0.717) is 12.6 Å². The predicted octanol–water partition coefficient (Wildman–Crippen LogP) is 4.00. The van der Waals surface area contributed by atoms with E-state index in [1.807, 2.05) is 16.9 Å². The lowest BCUT2D eigenvalue weighted by Gasteiger charge is -2.12. The third kappa shape index (κ3) is 3.74.